The van der Waals surface area contributed by atoms with E-state index in [2.05, 4.69) is 76.1 Å². The van der Waals surface area contributed by atoms with Crippen LogP contribution in [0.3, 0.4) is 0 Å². The minimum absolute atomic E-state index is 0.122. The van der Waals surface area contributed by atoms with Gasteiger partial charge in [-0.3, -0.25) is 4.79 Å². The molecular weight excluding hydrogens is 576 g/mol. The third-order valence-electron chi connectivity index (χ3n) is 9.46. The van der Waals surface area contributed by atoms with Gasteiger partial charge < -0.3 is 25.0 Å². The molecule has 2 aromatic heterocycles. The van der Waals surface area contributed by atoms with E-state index < -0.39 is 0 Å². The maximum Gasteiger partial charge on any atom is 0.272 e. The molecule has 2 N–H and O–H groups in total. The number of ether oxygens (including phenoxy) is 2. The summed E-state index contributed by atoms with van der Waals surface area (Å²) in [5.74, 6) is 2.03. The lowest BCUT2D eigenvalue weighted by atomic mass is 9.97. The molecule has 0 saturated carbocycles. The first-order valence-corrected chi connectivity index (χ1v) is 16.4. The number of carbonyl (C=O) groups excluding carboxylic acids is 1. The number of fused-ring (bicyclic) bond motifs is 2. The number of anilines is 1. The van der Waals surface area contributed by atoms with E-state index in [1.807, 2.05) is 29.1 Å². The number of likely N-dealkylation sites (tertiary alicyclic amines) is 1. The minimum Gasteiger partial charge on any atom is -0.497 e. The number of benzene rings is 3. The van der Waals surface area contributed by atoms with E-state index in [0.29, 0.717) is 31.3 Å². The largest absolute Gasteiger partial charge is 0.497 e. The molecule has 5 aromatic rings. The Morgan fingerprint density at radius 2 is 1.74 bits per heavy atom. The molecule has 2 aliphatic heterocycles. The van der Waals surface area contributed by atoms with Crippen LogP contribution in [0.5, 0.6) is 5.75 Å². The van der Waals surface area contributed by atoms with Gasteiger partial charge >= 0.3 is 0 Å². The standard InChI is InChI=1S/C37H42N6O3/c1-42-18-15-26(16-19-42)24-40-37(44)35-32-22-29(10-13-33(32)43(41-35)34-5-3-4-20-46-34)28-9-8-27-14-17-38-36(31(27)21-28)39-23-25-6-11-30(45-2)12-7-25/h6-14,17,21-22,26,34H,3-5,15-16,18-20,23-24H2,1-2H3,(H,38,39)(H,40,44). The van der Waals surface area contributed by atoms with Crippen LogP contribution >= 0.6 is 0 Å². The molecule has 2 saturated heterocycles. The predicted octanol–water partition coefficient (Wildman–Crippen LogP) is 6.64. The number of pyridine rings is 1. The van der Waals surface area contributed by atoms with Gasteiger partial charge in [-0.1, -0.05) is 30.3 Å². The van der Waals surface area contributed by atoms with Gasteiger partial charge in [-0.2, -0.15) is 5.10 Å². The van der Waals surface area contributed by atoms with Crippen molar-refractivity contribution in [1.82, 2.24) is 25.0 Å². The number of piperidine rings is 1. The molecule has 0 aliphatic carbocycles. The molecule has 4 heterocycles. The third-order valence-corrected chi connectivity index (χ3v) is 9.46. The Labute approximate surface area is 269 Å². The normalized spacial score (nSPS) is 17.7. The Bertz CT molecular complexity index is 1820. The highest BCUT2D eigenvalue weighted by Gasteiger charge is 2.25. The summed E-state index contributed by atoms with van der Waals surface area (Å²) in [7, 11) is 3.83. The lowest BCUT2D eigenvalue weighted by Crippen LogP contribution is -2.37. The molecule has 1 unspecified atom stereocenters. The lowest BCUT2D eigenvalue weighted by molar-refractivity contribution is -0.0368. The monoisotopic (exact) mass is 618 g/mol. The molecule has 46 heavy (non-hydrogen) atoms. The van der Waals surface area contributed by atoms with Gasteiger partial charge in [0.05, 0.1) is 12.6 Å². The number of rotatable bonds is 9. The van der Waals surface area contributed by atoms with Crippen LogP contribution in [0.4, 0.5) is 5.82 Å². The molecule has 1 atom stereocenters. The lowest BCUT2D eigenvalue weighted by Gasteiger charge is -2.28. The summed E-state index contributed by atoms with van der Waals surface area (Å²) in [4.78, 5) is 20.7. The third kappa shape index (κ3) is 6.43. The predicted molar refractivity (Wildman–Crippen MR) is 182 cm³/mol. The number of hydrogen-bond donors (Lipinski definition) is 2. The number of aromatic nitrogens is 3. The van der Waals surface area contributed by atoms with Gasteiger partial charge in [0.2, 0.25) is 0 Å². The summed E-state index contributed by atoms with van der Waals surface area (Å²) in [6.07, 6.45) is 6.89. The number of carbonyl (C=O) groups is 1. The van der Waals surface area contributed by atoms with Crippen LogP contribution in [-0.4, -0.2) is 66.0 Å². The minimum atomic E-state index is -0.163. The van der Waals surface area contributed by atoms with Crippen molar-refractivity contribution in [2.24, 2.45) is 5.92 Å². The van der Waals surface area contributed by atoms with E-state index in [-0.39, 0.29) is 12.1 Å². The zero-order valence-electron chi connectivity index (χ0n) is 26.7. The van der Waals surface area contributed by atoms with Crippen molar-refractivity contribution in [2.75, 3.05) is 45.7 Å². The maximum atomic E-state index is 13.7. The van der Waals surface area contributed by atoms with E-state index in [0.717, 1.165) is 95.1 Å². The molecule has 7 rings (SSSR count). The topological polar surface area (TPSA) is 93.5 Å². The van der Waals surface area contributed by atoms with Gasteiger partial charge in [0.1, 0.15) is 11.6 Å². The molecule has 0 bridgehead atoms. The van der Waals surface area contributed by atoms with Gasteiger partial charge in [0, 0.05) is 36.7 Å². The first-order valence-electron chi connectivity index (χ1n) is 16.4. The van der Waals surface area contributed by atoms with Gasteiger partial charge in [0.25, 0.3) is 5.91 Å². The molecule has 238 valence electrons. The van der Waals surface area contributed by atoms with E-state index >= 15 is 0 Å². The SMILES string of the molecule is COc1ccc(CNc2nccc3ccc(-c4ccc5c(c4)c(C(=O)NCC4CCN(C)CC4)nn5C4CCCCO4)cc23)cc1. The smallest absolute Gasteiger partial charge is 0.272 e. The maximum absolute atomic E-state index is 13.7. The Kier molecular flexibility index (Phi) is 8.85. The molecule has 2 fully saturated rings. The highest BCUT2D eigenvalue weighted by atomic mass is 16.5. The number of nitrogens with one attached hydrogen (secondary N) is 2. The van der Waals surface area contributed by atoms with Crippen molar-refractivity contribution in [3.63, 3.8) is 0 Å². The zero-order chi connectivity index (χ0) is 31.5. The fourth-order valence-electron chi connectivity index (χ4n) is 6.63. The second-order valence-electron chi connectivity index (χ2n) is 12.6. The second-order valence-corrected chi connectivity index (χ2v) is 12.6. The number of amides is 1. The first kappa shape index (κ1) is 30.2. The van der Waals surface area contributed by atoms with Crippen molar-refractivity contribution in [3.8, 4) is 16.9 Å². The molecule has 1 amide bonds. The average molecular weight is 619 g/mol. The van der Waals surface area contributed by atoms with Crippen LogP contribution in [0.2, 0.25) is 0 Å². The molecular formula is C37H42N6O3. The summed E-state index contributed by atoms with van der Waals surface area (Å²) in [5, 5.41) is 14.6. The first-order chi connectivity index (χ1) is 22.6. The quantitative estimate of drug-likeness (QED) is 0.191. The summed E-state index contributed by atoms with van der Waals surface area (Å²) in [5.41, 5.74) is 4.59. The fourth-order valence-corrected chi connectivity index (χ4v) is 6.63. The van der Waals surface area contributed by atoms with E-state index in [1.165, 1.54) is 0 Å². The van der Waals surface area contributed by atoms with Crippen molar-refractivity contribution < 1.29 is 14.3 Å². The molecule has 2 aliphatic rings. The van der Waals surface area contributed by atoms with Gasteiger partial charge in [0.15, 0.2) is 11.9 Å². The van der Waals surface area contributed by atoms with Crippen LogP contribution in [0.25, 0.3) is 32.8 Å². The van der Waals surface area contributed by atoms with Crippen LogP contribution in [-0.2, 0) is 11.3 Å². The molecule has 9 nitrogen and oxygen atoms in total. The summed E-state index contributed by atoms with van der Waals surface area (Å²) >= 11 is 0. The van der Waals surface area contributed by atoms with Crippen molar-refractivity contribution in [2.45, 2.75) is 44.9 Å². The number of nitrogens with zero attached hydrogens (tertiary/aromatic N) is 4. The number of hydrogen-bond acceptors (Lipinski definition) is 7. The molecule has 9 heteroatoms. The van der Waals surface area contributed by atoms with E-state index in [4.69, 9.17) is 14.6 Å². The Morgan fingerprint density at radius 1 is 0.957 bits per heavy atom. The van der Waals surface area contributed by atoms with Gasteiger partial charge in [-0.15, -0.1) is 0 Å². The van der Waals surface area contributed by atoms with Crippen LogP contribution in [0, 0.1) is 5.92 Å². The van der Waals surface area contributed by atoms with E-state index in [1.54, 1.807) is 7.11 Å². The Morgan fingerprint density at radius 3 is 2.50 bits per heavy atom. The number of methoxy groups -OCH3 is 1. The molecule has 0 spiro atoms. The Hall–Kier alpha value is -4.47. The van der Waals surface area contributed by atoms with Crippen LogP contribution in [0.15, 0.2) is 72.9 Å². The summed E-state index contributed by atoms with van der Waals surface area (Å²) in [6.45, 7) is 4.16. The highest BCUT2D eigenvalue weighted by molar-refractivity contribution is 6.06. The highest BCUT2D eigenvalue weighted by Crippen LogP contribution is 2.34. The fraction of sp³-hybridized carbons (Fsp3) is 0.378. The average Bonchev–Trinajstić information content (AvgIpc) is 3.50. The zero-order valence-corrected chi connectivity index (χ0v) is 26.7. The van der Waals surface area contributed by atoms with Crippen molar-refractivity contribution in [1.29, 1.82) is 0 Å². The van der Waals surface area contributed by atoms with Crippen LogP contribution in [0.1, 0.15) is 54.4 Å². The van der Waals surface area contributed by atoms with E-state index in [9.17, 15) is 4.79 Å². The summed E-state index contributed by atoms with van der Waals surface area (Å²) < 4.78 is 13.3. The van der Waals surface area contributed by atoms with Crippen LogP contribution < -0.4 is 15.4 Å². The summed E-state index contributed by atoms with van der Waals surface area (Å²) in [6, 6.07) is 22.8. The molecule has 0 radical (unpaired) electrons. The van der Waals surface area contributed by atoms with Gasteiger partial charge in [-0.25, -0.2) is 9.67 Å². The Balaban J connectivity index is 1.19. The molecule has 3 aromatic carbocycles. The van der Waals surface area contributed by atoms with Crippen molar-refractivity contribution >= 4 is 33.4 Å². The second kappa shape index (κ2) is 13.5. The van der Waals surface area contributed by atoms with Crippen molar-refractivity contribution in [3.05, 3.63) is 84.2 Å². The van der Waals surface area contributed by atoms with Gasteiger partial charge in [-0.05, 0) is 117 Å².